The van der Waals surface area contributed by atoms with Crippen molar-refractivity contribution in [3.05, 3.63) is 53.2 Å². The molecule has 0 unspecified atom stereocenters. The van der Waals surface area contributed by atoms with Crippen LogP contribution in [0.15, 0.2) is 42.6 Å². The highest BCUT2D eigenvalue weighted by molar-refractivity contribution is 6.33. The topological polar surface area (TPSA) is 67.9 Å². The van der Waals surface area contributed by atoms with Gasteiger partial charge in [0.25, 0.3) is 0 Å². The van der Waals surface area contributed by atoms with Gasteiger partial charge in [-0.05, 0) is 41.3 Å². The van der Waals surface area contributed by atoms with Crippen molar-refractivity contribution < 1.29 is 9.53 Å². The molecule has 2 aromatic carbocycles. The molecule has 0 aliphatic heterocycles. The van der Waals surface area contributed by atoms with Crippen LogP contribution in [-0.2, 0) is 4.74 Å². The molecule has 0 N–H and O–H groups in total. The number of nitrogens with zero attached hydrogens (tertiary/aromatic N) is 3. The Kier molecular flexibility index (Phi) is 4.71. The van der Waals surface area contributed by atoms with Gasteiger partial charge in [-0.3, -0.25) is 0 Å². The van der Waals surface area contributed by atoms with Crippen molar-refractivity contribution in [2.45, 2.75) is 20.8 Å². The fraction of sp³-hybridized carbons (Fsp3) is 0.250. The van der Waals surface area contributed by atoms with Gasteiger partial charge in [-0.1, -0.05) is 38.4 Å². The summed E-state index contributed by atoms with van der Waals surface area (Å²) in [5, 5.41) is 14.6. The van der Waals surface area contributed by atoms with E-state index in [0.29, 0.717) is 22.7 Å². The number of hydrogen-bond donors (Lipinski definition) is 0. The molecule has 0 saturated heterocycles. The van der Waals surface area contributed by atoms with Crippen LogP contribution >= 0.6 is 11.6 Å². The quantitative estimate of drug-likeness (QED) is 0.619. The number of hydrogen-bond acceptors (Lipinski definition) is 4. The Bertz CT molecular complexity index is 1030. The first-order valence-corrected chi connectivity index (χ1v) is 8.51. The van der Waals surface area contributed by atoms with E-state index in [1.165, 1.54) is 4.68 Å². The lowest BCUT2D eigenvalue weighted by Crippen LogP contribution is -2.22. The molecule has 0 spiro atoms. The minimum absolute atomic E-state index is 0.117. The third kappa shape index (κ3) is 3.71. The van der Waals surface area contributed by atoms with Crippen LogP contribution in [0.5, 0.6) is 0 Å². The first kappa shape index (κ1) is 18.0. The monoisotopic (exact) mass is 367 g/mol. The van der Waals surface area contributed by atoms with Crippen LogP contribution in [0.1, 0.15) is 26.3 Å². The molecule has 0 atom stereocenters. The number of nitriles is 1. The van der Waals surface area contributed by atoms with Crippen molar-refractivity contribution in [1.29, 1.82) is 5.26 Å². The molecule has 0 radical (unpaired) electrons. The van der Waals surface area contributed by atoms with E-state index in [9.17, 15) is 4.79 Å². The van der Waals surface area contributed by atoms with Gasteiger partial charge >= 0.3 is 6.09 Å². The first-order valence-electron chi connectivity index (χ1n) is 8.13. The average molecular weight is 368 g/mol. The van der Waals surface area contributed by atoms with Crippen LogP contribution in [0.25, 0.3) is 22.0 Å². The summed E-state index contributed by atoms with van der Waals surface area (Å²) in [7, 11) is 0. The van der Waals surface area contributed by atoms with E-state index < -0.39 is 6.09 Å². The van der Waals surface area contributed by atoms with Gasteiger partial charge in [-0.15, -0.1) is 0 Å². The predicted molar refractivity (Wildman–Crippen MR) is 101 cm³/mol. The lowest BCUT2D eigenvalue weighted by Gasteiger charge is -2.17. The standard InChI is InChI=1S/C20H18ClN3O2/c1-20(2,3)12-26-19(25)24-18-7-5-14(9-15(18)11-23-24)16-8-13(10-22)4-6-17(16)21/h4-9,11H,12H2,1-3H3. The maximum Gasteiger partial charge on any atom is 0.435 e. The Morgan fingerprint density at radius 2 is 2.04 bits per heavy atom. The smallest absolute Gasteiger partial charge is 0.435 e. The number of halogens is 1. The van der Waals surface area contributed by atoms with E-state index in [2.05, 4.69) is 11.2 Å². The van der Waals surface area contributed by atoms with Crippen LogP contribution in [-0.4, -0.2) is 22.5 Å². The van der Waals surface area contributed by atoms with Crippen molar-refractivity contribution in [2.75, 3.05) is 6.61 Å². The Hall–Kier alpha value is -2.84. The van der Waals surface area contributed by atoms with Crippen molar-refractivity contribution in [3.8, 4) is 17.2 Å². The third-order valence-corrected chi connectivity index (χ3v) is 4.11. The fourth-order valence-corrected chi connectivity index (χ4v) is 2.73. The van der Waals surface area contributed by atoms with Crippen LogP contribution in [0.2, 0.25) is 5.02 Å². The van der Waals surface area contributed by atoms with E-state index in [1.807, 2.05) is 32.9 Å². The van der Waals surface area contributed by atoms with Gasteiger partial charge in [0.2, 0.25) is 0 Å². The zero-order valence-corrected chi connectivity index (χ0v) is 15.5. The van der Waals surface area contributed by atoms with Gasteiger partial charge in [-0.2, -0.15) is 15.0 Å². The molecular formula is C20H18ClN3O2. The van der Waals surface area contributed by atoms with E-state index in [-0.39, 0.29) is 5.41 Å². The third-order valence-electron chi connectivity index (χ3n) is 3.78. The molecule has 0 bridgehead atoms. The Balaban J connectivity index is 1.95. The first-order chi connectivity index (χ1) is 12.3. The second kappa shape index (κ2) is 6.81. The molecule has 1 aromatic heterocycles. The minimum Gasteiger partial charge on any atom is -0.447 e. The van der Waals surface area contributed by atoms with Gasteiger partial charge in [0.15, 0.2) is 0 Å². The summed E-state index contributed by atoms with van der Waals surface area (Å²) in [4.78, 5) is 12.3. The molecule has 3 aromatic rings. The Labute approximate surface area is 156 Å². The van der Waals surface area contributed by atoms with E-state index >= 15 is 0 Å². The summed E-state index contributed by atoms with van der Waals surface area (Å²) in [6.45, 7) is 6.29. The summed E-state index contributed by atoms with van der Waals surface area (Å²) < 4.78 is 6.58. The summed E-state index contributed by atoms with van der Waals surface area (Å²) in [6.07, 6.45) is 1.10. The number of benzene rings is 2. The molecule has 0 saturated carbocycles. The molecule has 0 aliphatic carbocycles. The van der Waals surface area contributed by atoms with Crippen LogP contribution in [0.3, 0.4) is 0 Å². The number of rotatable bonds is 2. The number of fused-ring (bicyclic) bond motifs is 1. The summed E-state index contributed by atoms with van der Waals surface area (Å²) in [5.74, 6) is 0. The van der Waals surface area contributed by atoms with E-state index in [1.54, 1.807) is 30.5 Å². The molecule has 132 valence electrons. The van der Waals surface area contributed by atoms with Crippen molar-refractivity contribution in [2.24, 2.45) is 5.41 Å². The Morgan fingerprint density at radius 1 is 1.27 bits per heavy atom. The number of ether oxygens (including phenoxy) is 1. The average Bonchev–Trinajstić information content (AvgIpc) is 3.02. The second-order valence-electron chi connectivity index (χ2n) is 7.25. The van der Waals surface area contributed by atoms with E-state index in [0.717, 1.165) is 16.5 Å². The van der Waals surface area contributed by atoms with Gasteiger partial charge in [0.1, 0.15) is 0 Å². The highest BCUT2D eigenvalue weighted by Crippen LogP contribution is 2.31. The molecule has 1 heterocycles. The molecule has 0 amide bonds. The number of aromatic nitrogens is 2. The molecule has 26 heavy (non-hydrogen) atoms. The number of carbonyl (C=O) groups is 1. The molecule has 6 heteroatoms. The molecule has 5 nitrogen and oxygen atoms in total. The van der Waals surface area contributed by atoms with Gasteiger partial charge in [0, 0.05) is 16.0 Å². The lowest BCUT2D eigenvalue weighted by molar-refractivity contribution is 0.106. The minimum atomic E-state index is -0.507. The Morgan fingerprint density at radius 3 is 2.73 bits per heavy atom. The SMILES string of the molecule is CC(C)(C)COC(=O)n1ncc2cc(-c3cc(C#N)ccc3Cl)ccc21. The molecule has 0 aliphatic rings. The highest BCUT2D eigenvalue weighted by Gasteiger charge is 2.17. The summed E-state index contributed by atoms with van der Waals surface area (Å²) in [6, 6.07) is 12.8. The van der Waals surface area contributed by atoms with Crippen molar-refractivity contribution in [3.63, 3.8) is 0 Å². The zero-order chi connectivity index (χ0) is 18.9. The molecule has 0 fully saturated rings. The molecule has 3 rings (SSSR count). The van der Waals surface area contributed by atoms with Crippen molar-refractivity contribution in [1.82, 2.24) is 9.78 Å². The van der Waals surface area contributed by atoms with Gasteiger partial charge < -0.3 is 4.74 Å². The normalized spacial score (nSPS) is 11.3. The zero-order valence-electron chi connectivity index (χ0n) is 14.8. The second-order valence-corrected chi connectivity index (χ2v) is 7.66. The summed E-state index contributed by atoms with van der Waals surface area (Å²) in [5.41, 5.74) is 2.68. The lowest BCUT2D eigenvalue weighted by atomic mass is 9.99. The van der Waals surface area contributed by atoms with E-state index in [4.69, 9.17) is 21.6 Å². The van der Waals surface area contributed by atoms with Crippen LogP contribution in [0.4, 0.5) is 4.79 Å². The van der Waals surface area contributed by atoms with Crippen LogP contribution < -0.4 is 0 Å². The highest BCUT2D eigenvalue weighted by atomic mass is 35.5. The largest absolute Gasteiger partial charge is 0.447 e. The van der Waals surface area contributed by atoms with Gasteiger partial charge in [-0.25, -0.2) is 4.79 Å². The van der Waals surface area contributed by atoms with Crippen molar-refractivity contribution >= 4 is 28.6 Å². The van der Waals surface area contributed by atoms with Gasteiger partial charge in [0.05, 0.1) is 30.0 Å². The number of carbonyl (C=O) groups excluding carboxylic acids is 1. The maximum absolute atomic E-state index is 12.3. The summed E-state index contributed by atoms with van der Waals surface area (Å²) >= 11 is 6.27. The predicted octanol–water partition coefficient (Wildman–Crippen LogP) is 5.26. The maximum atomic E-state index is 12.3. The fourth-order valence-electron chi connectivity index (χ4n) is 2.50. The van der Waals surface area contributed by atoms with Crippen LogP contribution in [0, 0.1) is 16.7 Å². The molecular weight excluding hydrogens is 350 g/mol.